The number of methoxy groups -OCH3 is 1. The van der Waals surface area contributed by atoms with Gasteiger partial charge in [0.15, 0.2) is 0 Å². The molecular formula is C19H24N4O3. The topological polar surface area (TPSA) is 66.9 Å². The van der Waals surface area contributed by atoms with Crippen LogP contribution in [0.25, 0.3) is 0 Å². The van der Waals surface area contributed by atoms with Crippen LogP contribution in [0.1, 0.15) is 0 Å². The predicted octanol–water partition coefficient (Wildman–Crippen LogP) is 2.00. The molecule has 0 saturated carbocycles. The number of anilines is 1. The van der Waals surface area contributed by atoms with Crippen molar-refractivity contribution in [1.29, 1.82) is 0 Å². The summed E-state index contributed by atoms with van der Waals surface area (Å²) in [6.07, 6.45) is 1.79. The molecule has 0 spiro atoms. The molecule has 1 fully saturated rings. The van der Waals surface area contributed by atoms with E-state index in [1.807, 2.05) is 47.4 Å². The van der Waals surface area contributed by atoms with E-state index in [-0.39, 0.29) is 6.03 Å². The number of piperazine rings is 1. The average Bonchev–Trinajstić information content (AvgIpc) is 2.72. The molecule has 3 rings (SSSR count). The largest absolute Gasteiger partial charge is 0.497 e. The normalized spacial score (nSPS) is 14.0. The highest BCUT2D eigenvalue weighted by atomic mass is 16.5. The van der Waals surface area contributed by atoms with E-state index in [0.29, 0.717) is 26.2 Å². The molecule has 1 saturated heterocycles. The van der Waals surface area contributed by atoms with Gasteiger partial charge >= 0.3 is 6.03 Å². The summed E-state index contributed by atoms with van der Waals surface area (Å²) in [6.45, 7) is 3.79. The number of ether oxygens (including phenoxy) is 2. The lowest BCUT2D eigenvalue weighted by molar-refractivity contribution is 0.191. The molecule has 1 aromatic carbocycles. The third-order valence-electron chi connectivity index (χ3n) is 4.23. The lowest BCUT2D eigenvalue weighted by Crippen LogP contribution is -2.52. The first-order valence-corrected chi connectivity index (χ1v) is 8.72. The van der Waals surface area contributed by atoms with Crippen LogP contribution in [0.4, 0.5) is 10.6 Å². The lowest BCUT2D eigenvalue weighted by Gasteiger charge is -2.35. The third kappa shape index (κ3) is 4.78. The number of rotatable bonds is 6. The standard InChI is InChI=1S/C19H24N4O3/c1-25-16-5-4-6-17(15-16)26-14-9-21-19(24)23-12-10-22(11-13-23)18-7-2-3-8-20-18/h2-8,15H,9-14H2,1H3,(H,21,24). The molecule has 2 heterocycles. The first-order chi connectivity index (χ1) is 12.8. The second kappa shape index (κ2) is 8.94. The van der Waals surface area contributed by atoms with Crippen LogP contribution in [0.5, 0.6) is 11.5 Å². The van der Waals surface area contributed by atoms with Gasteiger partial charge in [0.05, 0.1) is 13.7 Å². The number of aromatic nitrogens is 1. The Bertz CT molecular complexity index is 703. The van der Waals surface area contributed by atoms with Gasteiger partial charge in [0.25, 0.3) is 0 Å². The Labute approximate surface area is 153 Å². The number of carbonyl (C=O) groups is 1. The van der Waals surface area contributed by atoms with Crippen molar-refractivity contribution in [1.82, 2.24) is 15.2 Å². The number of carbonyl (C=O) groups excluding carboxylic acids is 1. The summed E-state index contributed by atoms with van der Waals surface area (Å²) in [5.74, 6) is 2.43. The maximum atomic E-state index is 12.3. The Morgan fingerprint density at radius 2 is 1.92 bits per heavy atom. The van der Waals surface area contributed by atoms with Gasteiger partial charge in [-0.1, -0.05) is 12.1 Å². The first-order valence-electron chi connectivity index (χ1n) is 8.72. The summed E-state index contributed by atoms with van der Waals surface area (Å²) in [5.41, 5.74) is 0. The summed E-state index contributed by atoms with van der Waals surface area (Å²) < 4.78 is 10.8. The Morgan fingerprint density at radius 3 is 2.65 bits per heavy atom. The molecule has 0 aliphatic carbocycles. The highest BCUT2D eigenvalue weighted by molar-refractivity contribution is 5.74. The summed E-state index contributed by atoms with van der Waals surface area (Å²) in [7, 11) is 1.62. The molecule has 2 aromatic rings. The molecule has 0 unspecified atom stereocenters. The minimum Gasteiger partial charge on any atom is -0.497 e. The van der Waals surface area contributed by atoms with Crippen LogP contribution in [0.15, 0.2) is 48.7 Å². The van der Waals surface area contributed by atoms with Crippen molar-refractivity contribution in [2.75, 3.05) is 51.3 Å². The molecule has 2 amide bonds. The molecule has 7 nitrogen and oxygen atoms in total. The van der Waals surface area contributed by atoms with E-state index in [1.165, 1.54) is 0 Å². The van der Waals surface area contributed by atoms with Gasteiger partial charge in [0, 0.05) is 38.4 Å². The predicted molar refractivity (Wildman–Crippen MR) is 99.9 cm³/mol. The molecule has 1 aliphatic rings. The SMILES string of the molecule is COc1cccc(OCCNC(=O)N2CCN(c3ccccn3)CC2)c1. The second-order valence-corrected chi connectivity index (χ2v) is 5.92. The highest BCUT2D eigenvalue weighted by Crippen LogP contribution is 2.18. The molecule has 1 N–H and O–H groups in total. The zero-order valence-corrected chi connectivity index (χ0v) is 14.9. The summed E-state index contributed by atoms with van der Waals surface area (Å²) >= 11 is 0. The van der Waals surface area contributed by atoms with Crippen LogP contribution in [-0.4, -0.2) is 62.4 Å². The Balaban J connectivity index is 1.36. The van der Waals surface area contributed by atoms with Gasteiger partial charge in [-0.15, -0.1) is 0 Å². The first kappa shape index (κ1) is 17.8. The fraction of sp³-hybridized carbons (Fsp3) is 0.368. The zero-order valence-electron chi connectivity index (χ0n) is 14.9. The maximum Gasteiger partial charge on any atom is 0.317 e. The van der Waals surface area contributed by atoms with Crippen molar-refractivity contribution in [3.63, 3.8) is 0 Å². The van der Waals surface area contributed by atoms with Crippen molar-refractivity contribution < 1.29 is 14.3 Å². The van der Waals surface area contributed by atoms with Crippen LogP contribution >= 0.6 is 0 Å². The minimum atomic E-state index is -0.0556. The van der Waals surface area contributed by atoms with Crippen LogP contribution in [0, 0.1) is 0 Å². The number of benzene rings is 1. The maximum absolute atomic E-state index is 12.3. The van der Waals surface area contributed by atoms with Gasteiger partial charge in [-0.2, -0.15) is 0 Å². The smallest absolute Gasteiger partial charge is 0.317 e. The van der Waals surface area contributed by atoms with Crippen LogP contribution < -0.4 is 19.7 Å². The van der Waals surface area contributed by atoms with Crippen LogP contribution in [0.2, 0.25) is 0 Å². The monoisotopic (exact) mass is 356 g/mol. The van der Waals surface area contributed by atoms with Gasteiger partial charge in [0.2, 0.25) is 0 Å². The van der Waals surface area contributed by atoms with Gasteiger partial charge in [-0.25, -0.2) is 9.78 Å². The average molecular weight is 356 g/mol. The van der Waals surface area contributed by atoms with Crippen molar-refractivity contribution >= 4 is 11.8 Å². The minimum absolute atomic E-state index is 0.0556. The van der Waals surface area contributed by atoms with Gasteiger partial charge in [-0.3, -0.25) is 0 Å². The number of urea groups is 1. The van der Waals surface area contributed by atoms with E-state index < -0.39 is 0 Å². The van der Waals surface area contributed by atoms with E-state index in [9.17, 15) is 4.79 Å². The molecule has 138 valence electrons. The molecule has 1 aliphatic heterocycles. The number of hydrogen-bond acceptors (Lipinski definition) is 5. The molecule has 26 heavy (non-hydrogen) atoms. The quantitative estimate of drug-likeness (QED) is 0.802. The Morgan fingerprint density at radius 1 is 1.12 bits per heavy atom. The van der Waals surface area contributed by atoms with E-state index in [2.05, 4.69) is 15.2 Å². The summed E-state index contributed by atoms with van der Waals surface area (Å²) in [5, 5.41) is 2.90. The van der Waals surface area contributed by atoms with E-state index in [1.54, 1.807) is 13.3 Å². The van der Waals surface area contributed by atoms with Gasteiger partial charge in [0.1, 0.15) is 23.9 Å². The second-order valence-electron chi connectivity index (χ2n) is 5.92. The van der Waals surface area contributed by atoms with Gasteiger partial charge in [-0.05, 0) is 24.3 Å². The van der Waals surface area contributed by atoms with Crippen molar-refractivity contribution in [2.45, 2.75) is 0 Å². The summed E-state index contributed by atoms with van der Waals surface area (Å²) in [4.78, 5) is 20.6. The van der Waals surface area contributed by atoms with E-state index >= 15 is 0 Å². The fourth-order valence-corrected chi connectivity index (χ4v) is 2.81. The van der Waals surface area contributed by atoms with E-state index in [4.69, 9.17) is 9.47 Å². The van der Waals surface area contributed by atoms with Crippen LogP contribution in [0.3, 0.4) is 0 Å². The fourth-order valence-electron chi connectivity index (χ4n) is 2.81. The number of pyridine rings is 1. The molecule has 1 aromatic heterocycles. The van der Waals surface area contributed by atoms with Crippen molar-refractivity contribution in [3.8, 4) is 11.5 Å². The summed E-state index contributed by atoms with van der Waals surface area (Å²) in [6, 6.07) is 13.2. The number of amides is 2. The van der Waals surface area contributed by atoms with Gasteiger partial charge < -0.3 is 24.6 Å². The zero-order chi connectivity index (χ0) is 18.2. The molecule has 0 bridgehead atoms. The lowest BCUT2D eigenvalue weighted by atomic mass is 10.3. The molecular weight excluding hydrogens is 332 g/mol. The molecule has 7 heteroatoms. The van der Waals surface area contributed by atoms with Crippen molar-refractivity contribution in [2.24, 2.45) is 0 Å². The molecule has 0 atom stereocenters. The number of nitrogens with one attached hydrogen (secondary N) is 1. The van der Waals surface area contributed by atoms with E-state index in [0.717, 1.165) is 30.4 Å². The number of hydrogen-bond donors (Lipinski definition) is 1. The Kier molecular flexibility index (Phi) is 6.14. The number of nitrogens with zero attached hydrogens (tertiary/aromatic N) is 3. The van der Waals surface area contributed by atoms with Crippen molar-refractivity contribution in [3.05, 3.63) is 48.7 Å². The highest BCUT2D eigenvalue weighted by Gasteiger charge is 2.21. The third-order valence-corrected chi connectivity index (χ3v) is 4.23. The van der Waals surface area contributed by atoms with Crippen LogP contribution in [-0.2, 0) is 0 Å². The molecule has 0 radical (unpaired) electrons. The Hall–Kier alpha value is -2.96.